The van der Waals surface area contributed by atoms with Crippen molar-refractivity contribution in [3.63, 3.8) is 0 Å². The molecule has 1 aliphatic rings. The molecule has 0 radical (unpaired) electrons. The maximum absolute atomic E-state index is 14.1. The van der Waals surface area contributed by atoms with E-state index in [1.165, 1.54) is 0 Å². The molecule has 19 heavy (non-hydrogen) atoms. The van der Waals surface area contributed by atoms with Crippen LogP contribution in [-0.4, -0.2) is 30.1 Å². The number of hydrogen-bond acceptors (Lipinski definition) is 2. The Bertz CT molecular complexity index is 405. The van der Waals surface area contributed by atoms with Crippen molar-refractivity contribution in [2.45, 2.75) is 51.7 Å². The van der Waals surface area contributed by atoms with Crippen LogP contribution in [0.5, 0.6) is 0 Å². The molecular weight excluding hydrogens is 239 g/mol. The van der Waals surface area contributed by atoms with Crippen molar-refractivity contribution in [3.05, 3.63) is 35.6 Å². The van der Waals surface area contributed by atoms with E-state index < -0.39 is 0 Å². The van der Waals surface area contributed by atoms with E-state index in [0.29, 0.717) is 12.1 Å². The van der Waals surface area contributed by atoms with Gasteiger partial charge in [0, 0.05) is 30.2 Å². The molecule has 0 spiro atoms. The molecule has 0 saturated carbocycles. The second-order valence-electron chi connectivity index (χ2n) is 5.65. The summed E-state index contributed by atoms with van der Waals surface area (Å²) in [4.78, 5) is 2.42. The van der Waals surface area contributed by atoms with E-state index in [1.54, 1.807) is 12.1 Å². The summed E-state index contributed by atoms with van der Waals surface area (Å²) < 4.78 is 14.1. The van der Waals surface area contributed by atoms with E-state index >= 15 is 0 Å². The molecule has 2 atom stereocenters. The van der Waals surface area contributed by atoms with Crippen LogP contribution in [0.4, 0.5) is 4.39 Å². The summed E-state index contributed by atoms with van der Waals surface area (Å²) >= 11 is 0. The smallest absolute Gasteiger partial charge is 0.127 e. The van der Waals surface area contributed by atoms with Gasteiger partial charge < -0.3 is 5.32 Å². The van der Waals surface area contributed by atoms with Gasteiger partial charge in [0.25, 0.3) is 0 Å². The van der Waals surface area contributed by atoms with Gasteiger partial charge >= 0.3 is 0 Å². The van der Waals surface area contributed by atoms with Gasteiger partial charge in [0.1, 0.15) is 5.82 Å². The van der Waals surface area contributed by atoms with Gasteiger partial charge in [-0.2, -0.15) is 0 Å². The molecule has 1 aromatic rings. The van der Waals surface area contributed by atoms with Crippen LogP contribution in [-0.2, 0) is 0 Å². The van der Waals surface area contributed by atoms with Crippen molar-refractivity contribution in [1.82, 2.24) is 10.2 Å². The number of rotatable bonds is 4. The third kappa shape index (κ3) is 3.34. The lowest BCUT2D eigenvalue weighted by atomic mass is 9.90. The average molecular weight is 264 g/mol. The maximum Gasteiger partial charge on any atom is 0.127 e. The Balaban J connectivity index is 2.23. The van der Waals surface area contributed by atoms with Gasteiger partial charge in [0.15, 0.2) is 0 Å². The molecule has 1 saturated heterocycles. The highest BCUT2D eigenvalue weighted by Gasteiger charge is 2.31. The number of likely N-dealkylation sites (tertiary alicyclic amines) is 1. The Labute approximate surface area is 116 Å². The maximum atomic E-state index is 14.1. The molecule has 3 heteroatoms. The van der Waals surface area contributed by atoms with Crippen molar-refractivity contribution < 1.29 is 4.39 Å². The standard InChI is InChI=1S/C16H25FN2/c1-4-18-13-9-10-19(12(2)3)16(11-13)14-7-5-6-8-15(14)17/h5-8,12-13,16,18H,4,9-11H2,1-3H3. The summed E-state index contributed by atoms with van der Waals surface area (Å²) in [5.41, 5.74) is 0.846. The lowest BCUT2D eigenvalue weighted by Crippen LogP contribution is -2.47. The van der Waals surface area contributed by atoms with Crippen LogP contribution in [0.15, 0.2) is 24.3 Å². The largest absolute Gasteiger partial charge is 0.314 e. The Morgan fingerprint density at radius 2 is 2.11 bits per heavy atom. The molecule has 106 valence electrons. The van der Waals surface area contributed by atoms with Gasteiger partial charge in [0.05, 0.1) is 0 Å². The molecule has 2 rings (SSSR count). The number of benzene rings is 1. The number of nitrogens with zero attached hydrogens (tertiary/aromatic N) is 1. The molecular formula is C16H25FN2. The second kappa shape index (κ2) is 6.49. The van der Waals surface area contributed by atoms with Crippen LogP contribution in [0, 0.1) is 5.82 Å². The van der Waals surface area contributed by atoms with Gasteiger partial charge in [-0.25, -0.2) is 4.39 Å². The summed E-state index contributed by atoms with van der Waals surface area (Å²) in [7, 11) is 0. The van der Waals surface area contributed by atoms with E-state index in [0.717, 1.165) is 31.5 Å². The lowest BCUT2D eigenvalue weighted by molar-refractivity contribution is 0.0907. The molecule has 1 N–H and O–H groups in total. The van der Waals surface area contributed by atoms with E-state index in [-0.39, 0.29) is 11.9 Å². The van der Waals surface area contributed by atoms with Crippen LogP contribution in [0.2, 0.25) is 0 Å². The predicted molar refractivity (Wildman–Crippen MR) is 77.7 cm³/mol. The van der Waals surface area contributed by atoms with Crippen LogP contribution in [0.1, 0.15) is 45.2 Å². The number of piperidine rings is 1. The van der Waals surface area contributed by atoms with Crippen LogP contribution >= 0.6 is 0 Å². The Hall–Kier alpha value is -0.930. The fourth-order valence-electron chi connectivity index (χ4n) is 3.13. The van der Waals surface area contributed by atoms with E-state index in [4.69, 9.17) is 0 Å². The van der Waals surface area contributed by atoms with Crippen molar-refractivity contribution in [2.75, 3.05) is 13.1 Å². The fraction of sp³-hybridized carbons (Fsp3) is 0.625. The third-order valence-corrected chi connectivity index (χ3v) is 4.06. The normalized spacial score (nSPS) is 24.9. The topological polar surface area (TPSA) is 15.3 Å². The summed E-state index contributed by atoms with van der Waals surface area (Å²) in [6, 6.07) is 8.36. The Morgan fingerprint density at radius 1 is 1.37 bits per heavy atom. The number of halogens is 1. The van der Waals surface area contributed by atoms with Gasteiger partial charge in [0.2, 0.25) is 0 Å². The highest BCUT2D eigenvalue weighted by Crippen LogP contribution is 2.33. The minimum absolute atomic E-state index is 0.0738. The van der Waals surface area contributed by atoms with Crippen molar-refractivity contribution in [1.29, 1.82) is 0 Å². The monoisotopic (exact) mass is 264 g/mol. The highest BCUT2D eigenvalue weighted by atomic mass is 19.1. The first kappa shape index (κ1) is 14.5. The molecule has 1 heterocycles. The molecule has 1 fully saturated rings. The third-order valence-electron chi connectivity index (χ3n) is 4.06. The predicted octanol–water partition coefficient (Wildman–Crippen LogP) is 3.35. The summed E-state index contributed by atoms with van der Waals surface area (Å²) in [5.74, 6) is -0.0738. The molecule has 2 unspecified atom stereocenters. The van der Waals surface area contributed by atoms with E-state index in [9.17, 15) is 4.39 Å². The van der Waals surface area contributed by atoms with Gasteiger partial charge in [-0.15, -0.1) is 0 Å². The van der Waals surface area contributed by atoms with Crippen LogP contribution < -0.4 is 5.32 Å². The first-order valence-corrected chi connectivity index (χ1v) is 7.37. The molecule has 1 aliphatic heterocycles. The van der Waals surface area contributed by atoms with Crippen molar-refractivity contribution in [2.24, 2.45) is 0 Å². The van der Waals surface area contributed by atoms with Crippen LogP contribution in [0.25, 0.3) is 0 Å². The molecule has 2 nitrogen and oxygen atoms in total. The lowest BCUT2D eigenvalue weighted by Gasteiger charge is -2.42. The molecule has 0 amide bonds. The first-order chi connectivity index (χ1) is 9.13. The highest BCUT2D eigenvalue weighted by molar-refractivity contribution is 5.22. The van der Waals surface area contributed by atoms with E-state index in [1.807, 2.05) is 12.1 Å². The SMILES string of the molecule is CCNC1CCN(C(C)C)C(c2ccccc2F)C1. The van der Waals surface area contributed by atoms with Crippen molar-refractivity contribution in [3.8, 4) is 0 Å². The van der Waals surface area contributed by atoms with Gasteiger partial charge in [-0.05, 0) is 39.3 Å². The van der Waals surface area contributed by atoms with E-state index in [2.05, 4.69) is 31.0 Å². The van der Waals surface area contributed by atoms with Crippen molar-refractivity contribution >= 4 is 0 Å². The summed E-state index contributed by atoms with van der Waals surface area (Å²) in [6.07, 6.45) is 2.14. The average Bonchev–Trinajstić information content (AvgIpc) is 2.39. The quantitative estimate of drug-likeness (QED) is 0.897. The Kier molecular flexibility index (Phi) is 4.94. The molecule has 0 bridgehead atoms. The first-order valence-electron chi connectivity index (χ1n) is 7.37. The zero-order chi connectivity index (χ0) is 13.8. The molecule has 0 aliphatic carbocycles. The fourth-order valence-corrected chi connectivity index (χ4v) is 3.13. The minimum Gasteiger partial charge on any atom is -0.314 e. The summed E-state index contributed by atoms with van der Waals surface area (Å²) in [6.45, 7) is 8.54. The molecule has 1 aromatic carbocycles. The number of hydrogen-bond donors (Lipinski definition) is 1. The zero-order valence-electron chi connectivity index (χ0n) is 12.2. The second-order valence-corrected chi connectivity index (χ2v) is 5.65. The Morgan fingerprint density at radius 3 is 2.74 bits per heavy atom. The van der Waals surface area contributed by atoms with Gasteiger partial charge in [-0.3, -0.25) is 4.90 Å². The summed E-state index contributed by atoms with van der Waals surface area (Å²) in [5, 5.41) is 3.51. The zero-order valence-corrected chi connectivity index (χ0v) is 12.2. The number of nitrogens with one attached hydrogen (secondary N) is 1. The minimum atomic E-state index is -0.0738. The molecule has 0 aromatic heterocycles. The van der Waals surface area contributed by atoms with Crippen LogP contribution in [0.3, 0.4) is 0 Å². The van der Waals surface area contributed by atoms with Gasteiger partial charge in [-0.1, -0.05) is 25.1 Å².